The molecule has 0 radical (unpaired) electrons. The molecular weight excluding hydrogens is 524 g/mol. The van der Waals surface area contributed by atoms with Crippen molar-refractivity contribution in [1.82, 2.24) is 10.6 Å². The molecule has 0 fully saturated rings. The first-order valence-electron chi connectivity index (χ1n) is 13.5. The Hall–Kier alpha value is -4.66. The van der Waals surface area contributed by atoms with Crippen molar-refractivity contribution in [2.75, 3.05) is 13.2 Å². The van der Waals surface area contributed by atoms with Crippen molar-refractivity contribution in [2.45, 2.75) is 45.3 Å². The first-order chi connectivity index (χ1) is 19.7. The number of carboxylic acid groups (broad SMARTS) is 1. The number of carboxylic acids is 1. The largest absolute Gasteiger partial charge is 0.481 e. The maximum Gasteiger partial charge on any atom is 0.407 e. The summed E-state index contributed by atoms with van der Waals surface area (Å²) in [5.74, 6) is -2.49. The average molecular weight is 559 g/mol. The van der Waals surface area contributed by atoms with Crippen molar-refractivity contribution < 1.29 is 33.8 Å². The molecule has 1 atom stereocenters. The second-order valence-corrected chi connectivity index (χ2v) is 10.6. The minimum atomic E-state index is -1.28. The van der Waals surface area contributed by atoms with Gasteiger partial charge in [0.2, 0.25) is 5.91 Å². The van der Waals surface area contributed by atoms with Gasteiger partial charge in [0.25, 0.3) is 0 Å². The molecular formula is C32H34N2O7. The van der Waals surface area contributed by atoms with Gasteiger partial charge >= 0.3 is 18.0 Å². The van der Waals surface area contributed by atoms with E-state index in [0.717, 1.165) is 27.8 Å². The first-order valence-corrected chi connectivity index (χ1v) is 13.5. The van der Waals surface area contributed by atoms with Gasteiger partial charge in [-0.05, 0) is 48.1 Å². The summed E-state index contributed by atoms with van der Waals surface area (Å²) in [5.41, 5.74) is 3.97. The van der Waals surface area contributed by atoms with Crippen molar-refractivity contribution in [3.8, 4) is 11.1 Å². The van der Waals surface area contributed by atoms with Gasteiger partial charge in [0.1, 0.15) is 19.3 Å². The van der Waals surface area contributed by atoms with E-state index in [1.165, 1.54) is 0 Å². The summed E-state index contributed by atoms with van der Waals surface area (Å²) in [6, 6.07) is 23.7. The Morgan fingerprint density at radius 3 is 2.05 bits per heavy atom. The van der Waals surface area contributed by atoms with E-state index in [1.807, 2.05) is 66.7 Å². The maximum atomic E-state index is 13.0. The van der Waals surface area contributed by atoms with Gasteiger partial charge in [0.15, 0.2) is 0 Å². The predicted octanol–water partition coefficient (Wildman–Crippen LogP) is 4.64. The van der Waals surface area contributed by atoms with Gasteiger partial charge in [-0.25, -0.2) is 4.79 Å². The average Bonchev–Trinajstić information content (AvgIpc) is 3.28. The molecule has 3 aromatic rings. The fraction of sp³-hybridized carbons (Fsp3) is 0.312. The second kappa shape index (κ2) is 13.1. The molecule has 1 aliphatic rings. The number of aliphatic carboxylic acids is 1. The van der Waals surface area contributed by atoms with Gasteiger partial charge in [0, 0.05) is 12.5 Å². The number of nitrogens with one attached hydrogen (secondary N) is 2. The van der Waals surface area contributed by atoms with E-state index >= 15 is 0 Å². The quantitative estimate of drug-likeness (QED) is 0.276. The summed E-state index contributed by atoms with van der Waals surface area (Å²) in [7, 11) is 0. The summed E-state index contributed by atoms with van der Waals surface area (Å²) < 4.78 is 10.9. The van der Waals surface area contributed by atoms with Gasteiger partial charge in [-0.1, -0.05) is 78.9 Å². The molecule has 3 N–H and O–H groups in total. The fourth-order valence-corrected chi connectivity index (χ4v) is 4.68. The van der Waals surface area contributed by atoms with E-state index in [2.05, 4.69) is 10.6 Å². The minimum Gasteiger partial charge on any atom is -0.481 e. The Morgan fingerprint density at radius 1 is 0.854 bits per heavy atom. The first kappa shape index (κ1) is 29.3. The second-order valence-electron chi connectivity index (χ2n) is 10.6. The normalized spacial score (nSPS) is 12.9. The number of fused-ring (bicyclic) bond motifs is 3. The van der Waals surface area contributed by atoms with E-state index in [-0.39, 0.29) is 32.1 Å². The van der Waals surface area contributed by atoms with Crippen molar-refractivity contribution in [3.63, 3.8) is 0 Å². The number of esters is 1. The molecule has 0 saturated heterocycles. The highest BCUT2D eigenvalue weighted by Crippen LogP contribution is 2.44. The van der Waals surface area contributed by atoms with Crippen LogP contribution in [0.15, 0.2) is 78.9 Å². The summed E-state index contributed by atoms with van der Waals surface area (Å²) >= 11 is 0. The smallest absolute Gasteiger partial charge is 0.407 e. The van der Waals surface area contributed by atoms with Crippen molar-refractivity contribution in [1.29, 1.82) is 0 Å². The number of amides is 2. The van der Waals surface area contributed by atoms with E-state index < -0.39 is 41.8 Å². The molecule has 0 aliphatic heterocycles. The number of carbonyl (C=O) groups excluding carboxylic acids is 3. The van der Waals surface area contributed by atoms with Crippen LogP contribution in [-0.2, 0) is 30.5 Å². The highest BCUT2D eigenvalue weighted by molar-refractivity contribution is 5.89. The van der Waals surface area contributed by atoms with Gasteiger partial charge in [-0.2, -0.15) is 0 Å². The third-order valence-electron chi connectivity index (χ3n) is 7.19. The van der Waals surface area contributed by atoms with E-state index in [4.69, 9.17) is 9.47 Å². The Labute approximate surface area is 238 Å². The zero-order valence-electron chi connectivity index (χ0n) is 23.1. The Bertz CT molecular complexity index is 1360. The molecule has 0 saturated carbocycles. The van der Waals surface area contributed by atoms with E-state index in [9.17, 15) is 24.3 Å². The van der Waals surface area contributed by atoms with Gasteiger partial charge in [-0.15, -0.1) is 0 Å². The summed E-state index contributed by atoms with van der Waals surface area (Å²) in [6.45, 7) is 3.20. The number of rotatable bonds is 12. The Balaban J connectivity index is 1.39. The Morgan fingerprint density at radius 2 is 1.44 bits per heavy atom. The highest BCUT2D eigenvalue weighted by Gasteiger charge is 2.31. The molecule has 0 unspecified atom stereocenters. The third kappa shape index (κ3) is 7.51. The molecule has 0 bridgehead atoms. The van der Waals surface area contributed by atoms with Crippen LogP contribution in [0.5, 0.6) is 0 Å². The predicted molar refractivity (Wildman–Crippen MR) is 152 cm³/mol. The number of carbonyl (C=O) groups is 4. The molecule has 1 aliphatic carbocycles. The van der Waals surface area contributed by atoms with Crippen molar-refractivity contribution >= 4 is 23.9 Å². The number of alkyl carbamates (subject to hydrolysis) is 1. The maximum absolute atomic E-state index is 13.0. The van der Waals surface area contributed by atoms with E-state index in [0.29, 0.717) is 0 Å². The molecule has 9 heteroatoms. The van der Waals surface area contributed by atoms with Crippen LogP contribution in [0, 0.1) is 5.41 Å². The van der Waals surface area contributed by atoms with Gasteiger partial charge < -0.3 is 25.2 Å². The summed E-state index contributed by atoms with van der Waals surface area (Å²) in [5, 5.41) is 14.4. The van der Waals surface area contributed by atoms with Crippen LogP contribution >= 0.6 is 0 Å². The molecule has 0 aromatic heterocycles. The topological polar surface area (TPSA) is 131 Å². The molecule has 9 nitrogen and oxygen atoms in total. The van der Waals surface area contributed by atoms with Crippen LogP contribution in [0.2, 0.25) is 0 Å². The molecule has 2 amide bonds. The number of hydrogen-bond acceptors (Lipinski definition) is 6. The number of benzene rings is 3. The molecule has 3 aromatic carbocycles. The molecule has 214 valence electrons. The number of ether oxygens (including phenoxy) is 2. The minimum absolute atomic E-state index is 0.0196. The van der Waals surface area contributed by atoms with Crippen LogP contribution in [-0.4, -0.2) is 48.2 Å². The van der Waals surface area contributed by atoms with Crippen LogP contribution < -0.4 is 10.6 Å². The van der Waals surface area contributed by atoms with Crippen LogP contribution in [0.1, 0.15) is 49.3 Å². The molecule has 0 heterocycles. The zero-order valence-corrected chi connectivity index (χ0v) is 23.1. The lowest BCUT2D eigenvalue weighted by Gasteiger charge is -2.22. The number of hydrogen-bond donors (Lipinski definition) is 3. The third-order valence-corrected chi connectivity index (χ3v) is 7.19. The summed E-state index contributed by atoms with van der Waals surface area (Å²) in [6.07, 6.45) is -1.12. The van der Waals surface area contributed by atoms with Crippen molar-refractivity contribution in [3.05, 3.63) is 95.6 Å². The lowest BCUT2D eigenvalue weighted by molar-refractivity contribution is -0.147. The highest BCUT2D eigenvalue weighted by atomic mass is 16.5. The van der Waals surface area contributed by atoms with Crippen LogP contribution in [0.25, 0.3) is 11.1 Å². The van der Waals surface area contributed by atoms with Crippen LogP contribution in [0.3, 0.4) is 0 Å². The monoisotopic (exact) mass is 558 g/mol. The van der Waals surface area contributed by atoms with E-state index in [1.54, 1.807) is 26.0 Å². The lowest BCUT2D eigenvalue weighted by Crippen LogP contribution is -2.49. The SMILES string of the molecule is CC(C)(CCNC(=O)[C@H](CC(=O)OCc1ccccc1)NC(=O)OCC1c2ccccc2-c2ccccc21)C(=O)O. The molecule has 0 spiro atoms. The Kier molecular flexibility index (Phi) is 9.39. The standard InChI is InChI=1S/C32H34N2O7/c1-32(2,30(37)38)16-17-33-29(36)27(18-28(35)40-19-21-10-4-3-5-11-21)34-31(39)41-20-26-24-14-8-6-12-22(24)23-13-7-9-15-25(23)26/h3-15,26-27H,16-20H2,1-2H3,(H,33,36)(H,34,39)(H,37,38)/t27-/m0/s1. The lowest BCUT2D eigenvalue weighted by atomic mass is 9.89. The van der Waals surface area contributed by atoms with Crippen LogP contribution in [0.4, 0.5) is 4.79 Å². The van der Waals surface area contributed by atoms with Crippen molar-refractivity contribution in [2.24, 2.45) is 5.41 Å². The summed E-state index contributed by atoms with van der Waals surface area (Å²) in [4.78, 5) is 49.9. The van der Waals surface area contributed by atoms with Gasteiger partial charge in [-0.3, -0.25) is 14.4 Å². The zero-order chi connectivity index (χ0) is 29.4. The fourth-order valence-electron chi connectivity index (χ4n) is 4.68. The van der Waals surface area contributed by atoms with Gasteiger partial charge in [0.05, 0.1) is 11.8 Å². The molecule has 41 heavy (non-hydrogen) atoms. The molecule has 4 rings (SSSR count).